The molecule has 1 aliphatic carbocycles. The van der Waals surface area contributed by atoms with Gasteiger partial charge in [0.15, 0.2) is 11.7 Å². The number of esters is 1. The number of carbonyl (C=O) groups excluding carboxylic acids is 1. The Morgan fingerprint density at radius 2 is 1.91 bits per heavy atom. The molecule has 3 atom stereocenters. The van der Waals surface area contributed by atoms with Crippen LogP contribution < -0.4 is 0 Å². The zero-order chi connectivity index (χ0) is 22.4. The fourth-order valence-corrected chi connectivity index (χ4v) is 5.68. The van der Waals surface area contributed by atoms with Gasteiger partial charge in [-0.2, -0.15) is 0 Å². The number of pyridine rings is 1. The number of carbonyl (C=O) groups is 1. The van der Waals surface area contributed by atoms with Gasteiger partial charge in [-0.1, -0.05) is 49.2 Å². The summed E-state index contributed by atoms with van der Waals surface area (Å²) in [6.07, 6.45) is 11.5. The second-order valence-corrected chi connectivity index (χ2v) is 10.00. The lowest BCUT2D eigenvalue weighted by Gasteiger charge is -2.42. The van der Waals surface area contributed by atoms with Crippen LogP contribution in [0.15, 0.2) is 54.9 Å². The molecule has 2 heterocycles. The van der Waals surface area contributed by atoms with Crippen LogP contribution in [0.1, 0.15) is 56.1 Å². The summed E-state index contributed by atoms with van der Waals surface area (Å²) in [5.74, 6) is -0.522. The summed E-state index contributed by atoms with van der Waals surface area (Å²) in [5, 5.41) is 11.7. The van der Waals surface area contributed by atoms with Crippen LogP contribution in [0.4, 0.5) is 0 Å². The van der Waals surface area contributed by atoms with Gasteiger partial charge in [-0.15, -0.1) is 0 Å². The Kier molecular flexibility index (Phi) is 7.27. The van der Waals surface area contributed by atoms with Crippen molar-refractivity contribution in [2.75, 3.05) is 26.7 Å². The summed E-state index contributed by atoms with van der Waals surface area (Å²) in [6.45, 7) is 2.97. The van der Waals surface area contributed by atoms with E-state index in [0.717, 1.165) is 75.5 Å². The lowest BCUT2D eigenvalue weighted by atomic mass is 9.80. The maximum atomic E-state index is 13.4. The molecule has 2 aliphatic rings. The lowest BCUT2D eigenvalue weighted by Crippen LogP contribution is -2.55. The molecular weight excluding hydrogens is 400 g/mol. The largest absolute Gasteiger partial charge is 0.454 e. The van der Waals surface area contributed by atoms with Crippen LogP contribution in [-0.4, -0.2) is 53.3 Å². The van der Waals surface area contributed by atoms with E-state index in [1.54, 1.807) is 0 Å². The average Bonchev–Trinajstić information content (AvgIpc) is 3.35. The second kappa shape index (κ2) is 10.1. The number of hydrogen-bond acceptors (Lipinski definition) is 4. The summed E-state index contributed by atoms with van der Waals surface area (Å²) in [5.41, 5.74) is 0.392. The third-order valence-electron chi connectivity index (χ3n) is 7.50. The number of benzene rings is 1. The van der Waals surface area contributed by atoms with Gasteiger partial charge >= 0.3 is 5.97 Å². The van der Waals surface area contributed by atoms with E-state index in [1.807, 2.05) is 48.8 Å². The van der Waals surface area contributed by atoms with E-state index in [4.69, 9.17) is 4.74 Å². The van der Waals surface area contributed by atoms with E-state index in [0.29, 0.717) is 5.56 Å². The van der Waals surface area contributed by atoms with E-state index < -0.39 is 11.6 Å². The first-order chi connectivity index (χ1) is 15.5. The number of nitrogens with zero attached hydrogens (tertiary/aromatic N) is 2. The number of aryl methyl sites for hydroxylation is 1. The van der Waals surface area contributed by atoms with Crippen molar-refractivity contribution in [2.45, 2.75) is 63.1 Å². The van der Waals surface area contributed by atoms with Gasteiger partial charge in [0, 0.05) is 31.2 Å². The number of aromatic nitrogens is 1. The molecule has 1 aromatic carbocycles. The molecule has 2 unspecified atom stereocenters. The maximum absolute atomic E-state index is 13.4. The zero-order valence-corrected chi connectivity index (χ0v) is 19.3. The Labute approximate surface area is 192 Å². The van der Waals surface area contributed by atoms with Gasteiger partial charge in [-0.05, 0) is 42.9 Å². The molecular formula is C27H37N2O3+. The van der Waals surface area contributed by atoms with Crippen molar-refractivity contribution in [2.24, 2.45) is 5.92 Å². The van der Waals surface area contributed by atoms with Crippen molar-refractivity contribution in [3.63, 3.8) is 0 Å². The van der Waals surface area contributed by atoms with Crippen LogP contribution in [0.25, 0.3) is 0 Å². The molecule has 1 aliphatic heterocycles. The minimum Gasteiger partial charge on any atom is -0.454 e. The molecule has 4 rings (SSSR count). The molecule has 32 heavy (non-hydrogen) atoms. The Bertz CT molecular complexity index is 869. The molecule has 5 nitrogen and oxygen atoms in total. The third-order valence-corrected chi connectivity index (χ3v) is 7.50. The predicted molar refractivity (Wildman–Crippen MR) is 125 cm³/mol. The number of hydrogen-bond donors (Lipinski definition) is 1. The highest BCUT2D eigenvalue weighted by Gasteiger charge is 2.49. The third kappa shape index (κ3) is 5.21. The van der Waals surface area contributed by atoms with Crippen LogP contribution in [0.5, 0.6) is 0 Å². The number of piperidine rings is 1. The molecule has 172 valence electrons. The van der Waals surface area contributed by atoms with Gasteiger partial charge in [0.05, 0.1) is 20.1 Å². The molecule has 5 heteroatoms. The second-order valence-electron chi connectivity index (χ2n) is 10.00. The van der Waals surface area contributed by atoms with Crippen LogP contribution >= 0.6 is 0 Å². The topological polar surface area (TPSA) is 59.4 Å². The molecule has 1 saturated heterocycles. The number of quaternary nitrogens is 1. The van der Waals surface area contributed by atoms with Crippen LogP contribution in [0.3, 0.4) is 0 Å². The van der Waals surface area contributed by atoms with Crippen molar-refractivity contribution < 1.29 is 19.1 Å². The molecule has 1 N–H and O–H groups in total. The zero-order valence-electron chi connectivity index (χ0n) is 19.3. The average molecular weight is 438 g/mol. The standard InChI is InChI=1S/C27H37N2O3/c1-29(18-8-11-22-10-7-17-28-20-22)19-9-16-25(21-29)32-26(30)27(31,24-14-5-6-15-24)23-12-3-2-4-13-23/h2-4,7,10,12-13,17,20,24-25,31H,5-6,8-9,11,14-16,18-19,21H2,1H3/q+1/t25?,27-,29?/m0/s1. The molecule has 1 aromatic heterocycles. The molecule has 2 fully saturated rings. The van der Waals surface area contributed by atoms with Gasteiger partial charge in [0.1, 0.15) is 6.54 Å². The minimum atomic E-state index is -1.54. The van der Waals surface area contributed by atoms with E-state index in [9.17, 15) is 9.90 Å². The summed E-state index contributed by atoms with van der Waals surface area (Å²) in [6, 6.07) is 13.5. The Hall–Kier alpha value is -2.24. The number of likely N-dealkylation sites (N-methyl/N-ethyl adjacent to an activating group) is 1. The minimum absolute atomic E-state index is 0.0682. The quantitative estimate of drug-likeness (QED) is 0.496. The number of likely N-dealkylation sites (tertiary alicyclic amines) is 1. The molecule has 0 spiro atoms. The smallest absolute Gasteiger partial charge is 0.343 e. The van der Waals surface area contributed by atoms with Gasteiger partial charge in [-0.25, -0.2) is 4.79 Å². The van der Waals surface area contributed by atoms with Gasteiger partial charge in [0.2, 0.25) is 0 Å². The van der Waals surface area contributed by atoms with E-state index in [2.05, 4.69) is 18.1 Å². The summed E-state index contributed by atoms with van der Waals surface area (Å²) in [7, 11) is 2.27. The highest BCUT2D eigenvalue weighted by Crippen LogP contribution is 2.42. The van der Waals surface area contributed by atoms with Gasteiger partial charge in [0.25, 0.3) is 0 Å². The fourth-order valence-electron chi connectivity index (χ4n) is 5.68. The summed E-state index contributed by atoms with van der Waals surface area (Å²) >= 11 is 0. The first kappa shape index (κ1) is 22.9. The molecule has 0 radical (unpaired) electrons. The monoisotopic (exact) mass is 437 g/mol. The highest BCUT2D eigenvalue weighted by atomic mass is 16.6. The highest BCUT2D eigenvalue weighted by molar-refractivity contribution is 5.81. The van der Waals surface area contributed by atoms with Crippen LogP contribution in [0.2, 0.25) is 0 Å². The Morgan fingerprint density at radius 1 is 1.12 bits per heavy atom. The molecule has 0 amide bonds. The molecule has 0 bridgehead atoms. The molecule has 1 saturated carbocycles. The van der Waals surface area contributed by atoms with Crippen molar-refractivity contribution in [1.29, 1.82) is 0 Å². The van der Waals surface area contributed by atoms with Crippen molar-refractivity contribution >= 4 is 5.97 Å². The summed E-state index contributed by atoms with van der Waals surface area (Å²) < 4.78 is 6.98. The first-order valence-corrected chi connectivity index (χ1v) is 12.2. The van der Waals surface area contributed by atoms with E-state index >= 15 is 0 Å². The number of rotatable bonds is 8. The predicted octanol–water partition coefficient (Wildman–Crippen LogP) is 4.24. The van der Waals surface area contributed by atoms with E-state index in [-0.39, 0.29) is 12.0 Å². The summed E-state index contributed by atoms with van der Waals surface area (Å²) in [4.78, 5) is 17.7. The fraction of sp³-hybridized carbons (Fsp3) is 0.556. The number of ether oxygens (including phenoxy) is 1. The number of aliphatic hydroxyl groups is 1. The van der Waals surface area contributed by atoms with E-state index in [1.165, 1.54) is 5.56 Å². The maximum Gasteiger partial charge on any atom is 0.343 e. The lowest BCUT2D eigenvalue weighted by molar-refractivity contribution is -0.917. The SMILES string of the molecule is C[N+]1(CCCc2cccnc2)CCCC(OC(=O)[C@](O)(c2ccccc2)C2CCCC2)C1. The van der Waals surface area contributed by atoms with Crippen molar-refractivity contribution in [3.8, 4) is 0 Å². The van der Waals surface area contributed by atoms with Crippen LogP contribution in [0, 0.1) is 5.92 Å². The van der Waals surface area contributed by atoms with Crippen molar-refractivity contribution in [3.05, 3.63) is 66.0 Å². The molecule has 2 aromatic rings. The Balaban J connectivity index is 1.40. The normalized spacial score (nSPS) is 25.9. The van der Waals surface area contributed by atoms with Gasteiger partial charge < -0.3 is 14.3 Å². The first-order valence-electron chi connectivity index (χ1n) is 12.2. The van der Waals surface area contributed by atoms with Crippen molar-refractivity contribution in [1.82, 2.24) is 4.98 Å². The van der Waals surface area contributed by atoms with Gasteiger partial charge in [-0.3, -0.25) is 4.98 Å². The van der Waals surface area contributed by atoms with Crippen LogP contribution in [-0.2, 0) is 21.6 Å². The Morgan fingerprint density at radius 3 is 2.62 bits per heavy atom.